The third-order valence-electron chi connectivity index (χ3n) is 2.69. The molecule has 1 radical (unpaired) electrons. The lowest BCUT2D eigenvalue weighted by Crippen LogP contribution is -1.89. The summed E-state index contributed by atoms with van der Waals surface area (Å²) in [6, 6.07) is 12.6. The highest BCUT2D eigenvalue weighted by Gasteiger charge is 2.04. The fourth-order valence-corrected chi connectivity index (χ4v) is 1.82. The van der Waals surface area contributed by atoms with E-state index in [1.807, 2.05) is 30.7 Å². The Balaban J connectivity index is 1.97. The number of nitrogens with zero attached hydrogens (tertiary/aromatic N) is 1. The highest BCUT2D eigenvalue weighted by Crippen LogP contribution is 2.19. The molecule has 1 aromatic heterocycles. The molecule has 83 valence electrons. The third-order valence-corrected chi connectivity index (χ3v) is 2.69. The lowest BCUT2D eigenvalue weighted by atomic mass is 10.0. The van der Waals surface area contributed by atoms with Crippen LogP contribution in [0.25, 0.3) is 10.9 Å². The van der Waals surface area contributed by atoms with Crippen molar-refractivity contribution >= 4 is 10.9 Å². The molecule has 0 aliphatic rings. The van der Waals surface area contributed by atoms with Crippen LogP contribution in [0.15, 0.2) is 48.7 Å². The van der Waals surface area contributed by atoms with Crippen LogP contribution in [0.5, 0.6) is 0 Å². The van der Waals surface area contributed by atoms with E-state index >= 15 is 0 Å². The molecule has 0 aliphatic carbocycles. The lowest BCUT2D eigenvalue weighted by molar-refractivity contribution is 0.621. The monoisotopic (exact) mass is 225 g/mol. The summed E-state index contributed by atoms with van der Waals surface area (Å²) >= 11 is 0. The van der Waals surface area contributed by atoms with E-state index in [9.17, 15) is 4.39 Å². The Morgan fingerprint density at radius 3 is 2.88 bits per heavy atom. The first-order chi connectivity index (χ1) is 8.33. The van der Waals surface area contributed by atoms with E-state index in [0.717, 1.165) is 16.5 Å². The molecule has 0 fully saturated rings. The minimum absolute atomic E-state index is 0.209. The topological polar surface area (TPSA) is 28.7 Å². The first kappa shape index (κ1) is 10.0. The second-order valence-electron chi connectivity index (χ2n) is 3.88. The predicted octanol–water partition coefficient (Wildman–Crippen LogP) is 3.30. The van der Waals surface area contributed by atoms with Gasteiger partial charge >= 0.3 is 0 Å². The van der Waals surface area contributed by atoms with Gasteiger partial charge in [0.25, 0.3) is 0 Å². The Morgan fingerprint density at radius 1 is 1.12 bits per heavy atom. The van der Waals surface area contributed by atoms with Crippen molar-refractivity contribution in [1.82, 2.24) is 10.2 Å². The van der Waals surface area contributed by atoms with Gasteiger partial charge < -0.3 is 0 Å². The third kappa shape index (κ3) is 1.91. The Bertz CT molecular complexity index is 658. The summed E-state index contributed by atoms with van der Waals surface area (Å²) in [6.07, 6.45) is 3.58. The molecule has 2 aromatic carbocycles. The van der Waals surface area contributed by atoms with E-state index in [1.54, 1.807) is 18.3 Å². The average molecular weight is 225 g/mol. The lowest BCUT2D eigenvalue weighted by Gasteiger charge is -2.02. The summed E-state index contributed by atoms with van der Waals surface area (Å²) < 4.78 is 13.5. The van der Waals surface area contributed by atoms with Crippen LogP contribution in [-0.2, 0) is 0 Å². The average Bonchev–Trinajstić information content (AvgIpc) is 2.79. The number of hydrogen-bond donors (Lipinski definition) is 1. The highest BCUT2D eigenvalue weighted by molar-refractivity contribution is 5.79. The van der Waals surface area contributed by atoms with Crippen LogP contribution in [0, 0.1) is 12.2 Å². The molecule has 17 heavy (non-hydrogen) atoms. The Kier molecular flexibility index (Phi) is 2.37. The van der Waals surface area contributed by atoms with Gasteiger partial charge in [-0.3, -0.25) is 5.10 Å². The minimum Gasteiger partial charge on any atom is -0.278 e. The highest BCUT2D eigenvalue weighted by atomic mass is 19.1. The van der Waals surface area contributed by atoms with Gasteiger partial charge in [0, 0.05) is 11.8 Å². The van der Waals surface area contributed by atoms with Crippen molar-refractivity contribution in [3.63, 3.8) is 0 Å². The van der Waals surface area contributed by atoms with Crippen LogP contribution in [0.3, 0.4) is 0 Å². The van der Waals surface area contributed by atoms with Crippen molar-refractivity contribution in [2.75, 3.05) is 0 Å². The van der Waals surface area contributed by atoms with Gasteiger partial charge in [0.1, 0.15) is 5.82 Å². The minimum atomic E-state index is -0.209. The van der Waals surface area contributed by atoms with Crippen LogP contribution in [0.4, 0.5) is 4.39 Å². The van der Waals surface area contributed by atoms with Gasteiger partial charge in [0.05, 0.1) is 11.7 Å². The number of nitrogens with one attached hydrogen (secondary N) is 1. The molecule has 3 aromatic rings. The molecule has 0 atom stereocenters. The van der Waals surface area contributed by atoms with E-state index < -0.39 is 0 Å². The van der Waals surface area contributed by atoms with E-state index in [4.69, 9.17) is 0 Å². The number of rotatable bonds is 2. The van der Waals surface area contributed by atoms with E-state index in [-0.39, 0.29) is 5.82 Å². The zero-order chi connectivity index (χ0) is 11.7. The molecule has 3 rings (SSSR count). The predicted molar refractivity (Wildman–Crippen MR) is 65.0 cm³/mol. The van der Waals surface area contributed by atoms with Crippen LogP contribution in [-0.4, -0.2) is 10.2 Å². The van der Waals surface area contributed by atoms with Crippen LogP contribution in [0.2, 0.25) is 0 Å². The van der Waals surface area contributed by atoms with Gasteiger partial charge in [-0.15, -0.1) is 0 Å². The summed E-state index contributed by atoms with van der Waals surface area (Å²) in [4.78, 5) is 0. The number of benzene rings is 2. The Hall–Kier alpha value is -2.16. The SMILES string of the molecule is Fc1ccccc1[CH]c1ccc2[nH]ncc2c1. The number of H-pyrrole nitrogens is 1. The first-order valence-corrected chi connectivity index (χ1v) is 5.35. The smallest absolute Gasteiger partial charge is 0.127 e. The van der Waals surface area contributed by atoms with Crippen molar-refractivity contribution in [3.8, 4) is 0 Å². The van der Waals surface area contributed by atoms with Crippen molar-refractivity contribution in [3.05, 3.63) is 72.0 Å². The molecule has 0 amide bonds. The molecule has 2 nitrogen and oxygen atoms in total. The summed E-state index contributed by atoms with van der Waals surface area (Å²) in [6.45, 7) is 0. The largest absolute Gasteiger partial charge is 0.278 e. The molecule has 0 aliphatic heterocycles. The van der Waals surface area contributed by atoms with Crippen molar-refractivity contribution in [2.45, 2.75) is 0 Å². The molecule has 0 saturated heterocycles. The van der Waals surface area contributed by atoms with Crippen molar-refractivity contribution in [1.29, 1.82) is 0 Å². The summed E-state index contributed by atoms with van der Waals surface area (Å²) in [5.41, 5.74) is 2.54. The van der Waals surface area contributed by atoms with E-state index in [2.05, 4.69) is 10.2 Å². The molecular weight excluding hydrogens is 215 g/mol. The molecule has 3 heteroatoms. The second-order valence-corrected chi connectivity index (χ2v) is 3.88. The van der Waals surface area contributed by atoms with Crippen LogP contribution >= 0.6 is 0 Å². The fourth-order valence-electron chi connectivity index (χ4n) is 1.82. The number of aromatic amines is 1. The fraction of sp³-hybridized carbons (Fsp3) is 0. The van der Waals surface area contributed by atoms with Gasteiger partial charge in [0.2, 0.25) is 0 Å². The maximum Gasteiger partial charge on any atom is 0.127 e. The van der Waals surface area contributed by atoms with Gasteiger partial charge in [-0.05, 0) is 29.3 Å². The normalized spacial score (nSPS) is 10.9. The molecular formula is C14H10FN2. The number of halogens is 1. The van der Waals surface area contributed by atoms with Gasteiger partial charge in [0.15, 0.2) is 0 Å². The molecule has 0 saturated carbocycles. The number of hydrogen-bond acceptors (Lipinski definition) is 1. The zero-order valence-corrected chi connectivity index (χ0v) is 9.02. The summed E-state index contributed by atoms with van der Waals surface area (Å²) in [5.74, 6) is -0.209. The quantitative estimate of drug-likeness (QED) is 0.712. The van der Waals surface area contributed by atoms with Crippen molar-refractivity contribution < 1.29 is 4.39 Å². The standard InChI is InChI=1S/C14H10FN2/c15-13-4-2-1-3-11(13)7-10-5-6-14-12(8-10)9-16-17-14/h1-9H,(H,16,17). The maximum atomic E-state index is 13.5. The summed E-state index contributed by atoms with van der Waals surface area (Å²) in [5, 5.41) is 7.86. The Morgan fingerprint density at radius 2 is 2.00 bits per heavy atom. The Labute approximate surface area is 98.1 Å². The maximum absolute atomic E-state index is 13.5. The van der Waals surface area contributed by atoms with Crippen LogP contribution < -0.4 is 0 Å². The molecule has 1 heterocycles. The second kappa shape index (κ2) is 4.01. The summed E-state index contributed by atoms with van der Waals surface area (Å²) in [7, 11) is 0. The number of aromatic nitrogens is 2. The molecule has 1 N–H and O–H groups in total. The number of fused-ring (bicyclic) bond motifs is 1. The van der Waals surface area contributed by atoms with E-state index in [1.165, 1.54) is 6.07 Å². The molecule has 0 bridgehead atoms. The van der Waals surface area contributed by atoms with E-state index in [0.29, 0.717) is 5.56 Å². The van der Waals surface area contributed by atoms with Gasteiger partial charge in [-0.1, -0.05) is 24.3 Å². The van der Waals surface area contributed by atoms with Gasteiger partial charge in [-0.2, -0.15) is 5.10 Å². The van der Waals surface area contributed by atoms with Crippen molar-refractivity contribution in [2.24, 2.45) is 0 Å². The van der Waals surface area contributed by atoms with Gasteiger partial charge in [-0.25, -0.2) is 4.39 Å². The van der Waals surface area contributed by atoms with Crippen LogP contribution in [0.1, 0.15) is 11.1 Å². The zero-order valence-electron chi connectivity index (χ0n) is 9.02. The molecule has 0 unspecified atom stereocenters. The molecule has 0 spiro atoms. The first-order valence-electron chi connectivity index (χ1n) is 5.35.